The summed E-state index contributed by atoms with van der Waals surface area (Å²) in [5, 5.41) is 4.62. The van der Waals surface area contributed by atoms with E-state index in [1.807, 2.05) is 11.6 Å². The number of hydrogen-bond donors (Lipinski definition) is 0. The Morgan fingerprint density at radius 2 is 2.06 bits per heavy atom. The van der Waals surface area contributed by atoms with Crippen LogP contribution in [0.25, 0.3) is 0 Å². The summed E-state index contributed by atoms with van der Waals surface area (Å²) in [5.74, 6) is 1.04. The Morgan fingerprint density at radius 3 is 2.59 bits per heavy atom. The number of methoxy groups -OCH3 is 1. The molecule has 1 aromatic heterocycles. The van der Waals surface area contributed by atoms with Gasteiger partial charge in [0.05, 0.1) is 12.8 Å². The van der Waals surface area contributed by atoms with E-state index in [1.54, 1.807) is 0 Å². The lowest BCUT2D eigenvalue weighted by molar-refractivity contribution is -0.144. The van der Waals surface area contributed by atoms with Crippen LogP contribution in [0.4, 0.5) is 0 Å². The minimum Gasteiger partial charge on any atom is -0.467 e. The summed E-state index contributed by atoms with van der Waals surface area (Å²) in [6.07, 6.45) is 4.94. The van der Waals surface area contributed by atoms with E-state index in [-0.39, 0.29) is 12.0 Å². The van der Waals surface area contributed by atoms with Crippen LogP contribution in [-0.4, -0.2) is 22.9 Å². The molecule has 4 nitrogen and oxygen atoms in total. The summed E-state index contributed by atoms with van der Waals surface area (Å²) in [6, 6.07) is 1.90. The number of rotatable bonds is 4. The molecule has 0 saturated heterocycles. The van der Waals surface area contributed by atoms with Crippen molar-refractivity contribution < 1.29 is 9.53 Å². The SMILES string of the molecule is COC(=O)C(C)n1nc(C2CC2)cc1C1CC1. The third-order valence-corrected chi connectivity index (χ3v) is 3.68. The fraction of sp³-hybridized carbons (Fsp3) is 0.692. The molecule has 0 amide bonds. The topological polar surface area (TPSA) is 44.1 Å². The van der Waals surface area contributed by atoms with Crippen molar-refractivity contribution in [2.24, 2.45) is 0 Å². The minimum absolute atomic E-state index is 0.211. The van der Waals surface area contributed by atoms with Crippen LogP contribution < -0.4 is 0 Å². The van der Waals surface area contributed by atoms with E-state index >= 15 is 0 Å². The zero-order chi connectivity index (χ0) is 12.0. The van der Waals surface area contributed by atoms with E-state index in [4.69, 9.17) is 4.74 Å². The standard InChI is InChI=1S/C13H18N2O2/c1-8(13(16)17-2)15-12(10-5-6-10)7-11(14-15)9-3-4-9/h7-10H,3-6H2,1-2H3. The summed E-state index contributed by atoms with van der Waals surface area (Å²) in [4.78, 5) is 11.6. The van der Waals surface area contributed by atoms with Crippen LogP contribution in [0.3, 0.4) is 0 Å². The fourth-order valence-corrected chi connectivity index (χ4v) is 2.27. The zero-order valence-corrected chi connectivity index (χ0v) is 10.3. The highest BCUT2D eigenvalue weighted by Gasteiger charge is 2.34. The zero-order valence-electron chi connectivity index (χ0n) is 10.3. The molecule has 1 heterocycles. The first-order valence-corrected chi connectivity index (χ1v) is 6.38. The highest BCUT2D eigenvalue weighted by Crippen LogP contribution is 2.45. The van der Waals surface area contributed by atoms with Crippen LogP contribution in [0, 0.1) is 0 Å². The second-order valence-corrected chi connectivity index (χ2v) is 5.19. The first kappa shape index (κ1) is 10.8. The highest BCUT2D eigenvalue weighted by molar-refractivity contribution is 5.73. The molecule has 0 bridgehead atoms. The molecule has 2 aliphatic rings. The minimum atomic E-state index is -0.303. The van der Waals surface area contributed by atoms with Gasteiger partial charge in [-0.3, -0.25) is 4.68 Å². The number of hydrogen-bond acceptors (Lipinski definition) is 3. The molecule has 92 valence electrons. The van der Waals surface area contributed by atoms with Crippen molar-refractivity contribution in [1.82, 2.24) is 9.78 Å². The quantitative estimate of drug-likeness (QED) is 0.751. The van der Waals surface area contributed by atoms with Crippen molar-refractivity contribution in [2.45, 2.75) is 50.5 Å². The molecule has 2 saturated carbocycles. The van der Waals surface area contributed by atoms with Crippen molar-refractivity contribution in [3.05, 3.63) is 17.5 Å². The van der Waals surface area contributed by atoms with Crippen LogP contribution >= 0.6 is 0 Å². The molecule has 0 radical (unpaired) electrons. The Balaban J connectivity index is 1.92. The van der Waals surface area contributed by atoms with Crippen LogP contribution in [-0.2, 0) is 9.53 Å². The van der Waals surface area contributed by atoms with Crippen molar-refractivity contribution >= 4 is 5.97 Å². The van der Waals surface area contributed by atoms with Gasteiger partial charge in [0.25, 0.3) is 0 Å². The van der Waals surface area contributed by atoms with E-state index in [2.05, 4.69) is 11.2 Å². The molecular weight excluding hydrogens is 216 g/mol. The van der Waals surface area contributed by atoms with Crippen molar-refractivity contribution in [2.75, 3.05) is 7.11 Å². The predicted octanol–water partition coefficient (Wildman–Crippen LogP) is 2.37. The summed E-state index contributed by atoms with van der Waals surface area (Å²) in [5.41, 5.74) is 2.40. The molecule has 1 unspecified atom stereocenters. The number of esters is 1. The van der Waals surface area contributed by atoms with E-state index in [0.29, 0.717) is 11.8 Å². The second-order valence-electron chi connectivity index (χ2n) is 5.19. The molecule has 3 rings (SSSR count). The van der Waals surface area contributed by atoms with Gasteiger partial charge in [0, 0.05) is 17.5 Å². The van der Waals surface area contributed by atoms with Gasteiger partial charge >= 0.3 is 5.97 Å². The number of nitrogens with zero attached hydrogens (tertiary/aromatic N) is 2. The number of ether oxygens (including phenoxy) is 1. The lowest BCUT2D eigenvalue weighted by Gasteiger charge is -2.13. The van der Waals surface area contributed by atoms with Gasteiger partial charge in [-0.15, -0.1) is 0 Å². The average molecular weight is 234 g/mol. The van der Waals surface area contributed by atoms with Gasteiger partial charge in [0.1, 0.15) is 6.04 Å². The molecule has 17 heavy (non-hydrogen) atoms. The van der Waals surface area contributed by atoms with Gasteiger partial charge in [-0.2, -0.15) is 5.10 Å². The largest absolute Gasteiger partial charge is 0.467 e. The van der Waals surface area contributed by atoms with Crippen LogP contribution in [0.1, 0.15) is 61.9 Å². The van der Waals surface area contributed by atoms with Crippen LogP contribution in [0.5, 0.6) is 0 Å². The van der Waals surface area contributed by atoms with E-state index in [9.17, 15) is 4.79 Å². The van der Waals surface area contributed by atoms with Gasteiger partial charge in [0.2, 0.25) is 0 Å². The Labute approximate surface area is 101 Å². The van der Waals surface area contributed by atoms with E-state index in [0.717, 1.165) is 0 Å². The molecule has 2 fully saturated rings. The molecule has 2 aliphatic carbocycles. The first-order chi connectivity index (χ1) is 8.20. The maximum Gasteiger partial charge on any atom is 0.330 e. The van der Waals surface area contributed by atoms with E-state index < -0.39 is 0 Å². The van der Waals surface area contributed by atoms with Crippen molar-refractivity contribution in [1.29, 1.82) is 0 Å². The average Bonchev–Trinajstić information content (AvgIpc) is 3.25. The third kappa shape index (κ3) is 1.96. The summed E-state index contributed by atoms with van der Waals surface area (Å²) in [6.45, 7) is 1.86. The Hall–Kier alpha value is -1.32. The molecule has 0 spiro atoms. The van der Waals surface area contributed by atoms with Gasteiger partial charge < -0.3 is 4.74 Å². The monoisotopic (exact) mass is 234 g/mol. The van der Waals surface area contributed by atoms with Gasteiger partial charge in [-0.25, -0.2) is 4.79 Å². The number of aromatic nitrogens is 2. The summed E-state index contributed by atoms with van der Waals surface area (Å²) < 4.78 is 6.69. The highest BCUT2D eigenvalue weighted by atomic mass is 16.5. The van der Waals surface area contributed by atoms with Crippen LogP contribution in [0.15, 0.2) is 6.07 Å². The number of carbonyl (C=O) groups is 1. The van der Waals surface area contributed by atoms with Gasteiger partial charge in [-0.05, 0) is 38.7 Å². The molecule has 1 aromatic rings. The maximum absolute atomic E-state index is 11.6. The lowest BCUT2D eigenvalue weighted by atomic mass is 10.2. The molecule has 4 heteroatoms. The predicted molar refractivity (Wildman–Crippen MR) is 62.9 cm³/mol. The number of carbonyl (C=O) groups excluding carboxylic acids is 1. The van der Waals surface area contributed by atoms with Crippen molar-refractivity contribution in [3.63, 3.8) is 0 Å². The molecule has 0 aromatic carbocycles. The molecular formula is C13H18N2O2. The van der Waals surface area contributed by atoms with Gasteiger partial charge in [-0.1, -0.05) is 0 Å². The summed E-state index contributed by atoms with van der Waals surface area (Å²) >= 11 is 0. The third-order valence-electron chi connectivity index (χ3n) is 3.68. The second kappa shape index (κ2) is 3.86. The Morgan fingerprint density at radius 1 is 1.41 bits per heavy atom. The van der Waals surface area contributed by atoms with Crippen LogP contribution in [0.2, 0.25) is 0 Å². The Bertz CT molecular complexity index is 444. The molecule has 1 atom stereocenters. The molecule has 0 aliphatic heterocycles. The maximum atomic E-state index is 11.6. The molecule has 0 N–H and O–H groups in total. The smallest absolute Gasteiger partial charge is 0.330 e. The van der Waals surface area contributed by atoms with Gasteiger partial charge in [0.15, 0.2) is 0 Å². The lowest BCUT2D eigenvalue weighted by Crippen LogP contribution is -2.20. The fourth-order valence-electron chi connectivity index (χ4n) is 2.27. The van der Waals surface area contributed by atoms with Crippen molar-refractivity contribution in [3.8, 4) is 0 Å². The van der Waals surface area contributed by atoms with E-state index in [1.165, 1.54) is 44.2 Å². The summed E-state index contributed by atoms with van der Waals surface area (Å²) in [7, 11) is 1.43. The Kier molecular flexibility index (Phi) is 2.45. The first-order valence-electron chi connectivity index (χ1n) is 6.38. The normalized spacial score (nSPS) is 21.3.